The summed E-state index contributed by atoms with van der Waals surface area (Å²) in [5.74, 6) is -1.63. The first-order valence-corrected chi connectivity index (χ1v) is 5.21. The minimum Gasteiger partial charge on any atom is -0.373 e. The molecular weight excluding hydrogens is 210 g/mol. The van der Waals surface area contributed by atoms with Crippen LogP contribution in [-0.4, -0.2) is 26.2 Å². The molecule has 0 bridgehead atoms. The number of nitrogens with one attached hydrogen (secondary N) is 1. The molecule has 0 aliphatic carbocycles. The van der Waals surface area contributed by atoms with Crippen LogP contribution in [0, 0.1) is 11.6 Å². The summed E-state index contributed by atoms with van der Waals surface area (Å²) in [5.41, 5.74) is 0.585. The van der Waals surface area contributed by atoms with E-state index < -0.39 is 11.6 Å². The Balaban J connectivity index is 2.81. The van der Waals surface area contributed by atoms with Crippen LogP contribution in [0.25, 0.3) is 0 Å². The molecule has 0 radical (unpaired) electrons. The fourth-order valence-corrected chi connectivity index (χ4v) is 1.49. The normalized spacial score (nSPS) is 11.6. The fourth-order valence-electron chi connectivity index (χ4n) is 1.49. The Kier molecular flexibility index (Phi) is 3.86. The van der Waals surface area contributed by atoms with E-state index in [4.69, 9.17) is 0 Å². The van der Waals surface area contributed by atoms with Crippen LogP contribution in [0.1, 0.15) is 13.8 Å². The van der Waals surface area contributed by atoms with Crippen molar-refractivity contribution in [1.29, 1.82) is 0 Å². The van der Waals surface area contributed by atoms with Crippen LogP contribution in [0.4, 0.5) is 14.5 Å². The van der Waals surface area contributed by atoms with Gasteiger partial charge in [-0.3, -0.25) is 0 Å². The smallest absolute Gasteiger partial charge is 0.160 e. The van der Waals surface area contributed by atoms with E-state index in [1.54, 1.807) is 6.07 Å². The quantitative estimate of drug-likeness (QED) is 0.851. The summed E-state index contributed by atoms with van der Waals surface area (Å²) in [7, 11) is 3.73. The molecule has 1 rings (SSSR count). The van der Waals surface area contributed by atoms with Crippen LogP contribution in [-0.2, 0) is 0 Å². The number of halogens is 2. The number of rotatable bonds is 4. The zero-order chi connectivity index (χ0) is 12.3. The van der Waals surface area contributed by atoms with Gasteiger partial charge in [0.2, 0.25) is 0 Å². The van der Waals surface area contributed by atoms with Gasteiger partial charge in [0.05, 0.1) is 0 Å². The molecule has 16 heavy (non-hydrogen) atoms. The van der Waals surface area contributed by atoms with Crippen LogP contribution in [0.2, 0.25) is 0 Å². The highest BCUT2D eigenvalue weighted by molar-refractivity contribution is 5.46. The Morgan fingerprint density at radius 1 is 1.25 bits per heavy atom. The predicted molar refractivity (Wildman–Crippen MR) is 62.8 cm³/mol. The third-order valence-electron chi connectivity index (χ3n) is 2.65. The second-order valence-corrected chi connectivity index (χ2v) is 4.59. The van der Waals surface area contributed by atoms with Crippen LogP contribution < -0.4 is 10.2 Å². The van der Waals surface area contributed by atoms with E-state index in [0.717, 1.165) is 6.07 Å². The molecule has 90 valence electrons. The van der Waals surface area contributed by atoms with Gasteiger partial charge in [-0.15, -0.1) is 0 Å². The van der Waals surface area contributed by atoms with Gasteiger partial charge in [0.15, 0.2) is 11.6 Å². The van der Waals surface area contributed by atoms with E-state index in [2.05, 4.69) is 5.32 Å². The van der Waals surface area contributed by atoms with Gasteiger partial charge in [-0.2, -0.15) is 0 Å². The monoisotopic (exact) mass is 228 g/mol. The summed E-state index contributed by atoms with van der Waals surface area (Å²) < 4.78 is 25.8. The van der Waals surface area contributed by atoms with Gasteiger partial charge < -0.3 is 10.2 Å². The maximum atomic E-state index is 13.0. The maximum absolute atomic E-state index is 13.0. The molecule has 0 spiro atoms. The summed E-state index contributed by atoms with van der Waals surface area (Å²) in [6.45, 7) is 4.79. The molecule has 4 heteroatoms. The van der Waals surface area contributed by atoms with Crippen molar-refractivity contribution >= 4 is 5.69 Å². The number of anilines is 1. The zero-order valence-corrected chi connectivity index (χ0v) is 10.1. The Bertz CT molecular complexity index is 364. The second-order valence-electron chi connectivity index (χ2n) is 4.59. The van der Waals surface area contributed by atoms with E-state index in [9.17, 15) is 8.78 Å². The van der Waals surface area contributed by atoms with Gasteiger partial charge in [-0.25, -0.2) is 8.78 Å². The van der Waals surface area contributed by atoms with Crippen molar-refractivity contribution < 1.29 is 8.78 Å². The van der Waals surface area contributed by atoms with E-state index in [1.807, 2.05) is 32.8 Å². The third-order valence-corrected chi connectivity index (χ3v) is 2.65. The molecule has 0 aliphatic rings. The number of benzene rings is 1. The van der Waals surface area contributed by atoms with Gasteiger partial charge in [-0.1, -0.05) is 0 Å². The standard InChI is InChI=1S/C12H18F2N2/c1-12(2,15-3)8-16(4)9-5-6-10(13)11(14)7-9/h5-7,15H,8H2,1-4H3. The van der Waals surface area contributed by atoms with E-state index in [0.29, 0.717) is 12.2 Å². The molecule has 0 aliphatic heterocycles. The van der Waals surface area contributed by atoms with Crippen LogP contribution in [0.15, 0.2) is 18.2 Å². The Morgan fingerprint density at radius 2 is 1.88 bits per heavy atom. The first-order valence-electron chi connectivity index (χ1n) is 5.21. The van der Waals surface area contributed by atoms with Crippen molar-refractivity contribution in [3.05, 3.63) is 29.8 Å². The third kappa shape index (κ3) is 3.17. The summed E-state index contributed by atoms with van der Waals surface area (Å²) in [6.07, 6.45) is 0. The number of hydrogen-bond acceptors (Lipinski definition) is 2. The molecule has 0 atom stereocenters. The second kappa shape index (κ2) is 4.78. The van der Waals surface area contributed by atoms with Crippen molar-refractivity contribution in [3.63, 3.8) is 0 Å². The summed E-state index contributed by atoms with van der Waals surface area (Å²) in [5, 5.41) is 3.16. The molecule has 1 aromatic carbocycles. The Morgan fingerprint density at radius 3 is 2.38 bits per heavy atom. The number of hydrogen-bond donors (Lipinski definition) is 1. The van der Waals surface area contributed by atoms with Crippen LogP contribution >= 0.6 is 0 Å². The first kappa shape index (κ1) is 12.9. The van der Waals surface area contributed by atoms with E-state index >= 15 is 0 Å². The summed E-state index contributed by atoms with van der Waals surface area (Å²) in [4.78, 5) is 1.89. The molecule has 0 heterocycles. The van der Waals surface area contributed by atoms with Gasteiger partial charge >= 0.3 is 0 Å². The largest absolute Gasteiger partial charge is 0.373 e. The summed E-state index contributed by atoms with van der Waals surface area (Å²) >= 11 is 0. The van der Waals surface area contributed by atoms with Crippen LogP contribution in [0.5, 0.6) is 0 Å². The molecule has 0 amide bonds. The molecular formula is C12H18F2N2. The van der Waals surface area contributed by atoms with Crippen molar-refractivity contribution in [3.8, 4) is 0 Å². The van der Waals surface area contributed by atoms with Gasteiger partial charge in [-0.05, 0) is 33.0 Å². The predicted octanol–water partition coefficient (Wildman–Crippen LogP) is 2.40. The molecule has 0 aromatic heterocycles. The topological polar surface area (TPSA) is 15.3 Å². The van der Waals surface area contributed by atoms with Crippen molar-refractivity contribution in [2.24, 2.45) is 0 Å². The summed E-state index contributed by atoms with van der Waals surface area (Å²) in [6, 6.07) is 3.93. The SMILES string of the molecule is CNC(C)(C)CN(C)c1ccc(F)c(F)c1. The minimum atomic E-state index is -0.815. The molecule has 0 fully saturated rings. The average Bonchev–Trinajstić information content (AvgIpc) is 2.21. The highest BCUT2D eigenvalue weighted by Crippen LogP contribution is 2.18. The van der Waals surface area contributed by atoms with Crippen LogP contribution in [0.3, 0.4) is 0 Å². The van der Waals surface area contributed by atoms with Crippen molar-refractivity contribution in [2.45, 2.75) is 19.4 Å². The van der Waals surface area contributed by atoms with Crippen molar-refractivity contribution in [1.82, 2.24) is 5.32 Å². The molecule has 1 aromatic rings. The van der Waals surface area contributed by atoms with E-state index in [1.165, 1.54) is 6.07 Å². The number of nitrogens with zero attached hydrogens (tertiary/aromatic N) is 1. The average molecular weight is 228 g/mol. The van der Waals surface area contributed by atoms with E-state index in [-0.39, 0.29) is 5.54 Å². The highest BCUT2D eigenvalue weighted by Gasteiger charge is 2.18. The fraction of sp³-hybridized carbons (Fsp3) is 0.500. The Labute approximate surface area is 95.3 Å². The molecule has 2 nitrogen and oxygen atoms in total. The van der Waals surface area contributed by atoms with Gasteiger partial charge in [0.25, 0.3) is 0 Å². The lowest BCUT2D eigenvalue weighted by molar-refractivity contribution is 0.427. The minimum absolute atomic E-state index is 0.0837. The van der Waals surface area contributed by atoms with Gasteiger partial charge in [0, 0.05) is 30.9 Å². The number of likely N-dealkylation sites (N-methyl/N-ethyl adjacent to an activating group) is 2. The van der Waals surface area contributed by atoms with Crippen molar-refractivity contribution in [2.75, 3.05) is 25.5 Å². The molecule has 0 saturated carbocycles. The molecule has 0 unspecified atom stereocenters. The maximum Gasteiger partial charge on any atom is 0.160 e. The first-order chi connectivity index (χ1) is 7.35. The zero-order valence-electron chi connectivity index (χ0n) is 10.1. The lowest BCUT2D eigenvalue weighted by atomic mass is 10.1. The lowest BCUT2D eigenvalue weighted by Gasteiger charge is -2.31. The molecule has 1 N–H and O–H groups in total. The molecule has 0 saturated heterocycles. The highest BCUT2D eigenvalue weighted by atomic mass is 19.2. The van der Waals surface area contributed by atoms with Gasteiger partial charge in [0.1, 0.15) is 0 Å². The lowest BCUT2D eigenvalue weighted by Crippen LogP contribution is -2.46. The Hall–Kier alpha value is -1.16.